The average Bonchev–Trinajstić information content (AvgIpc) is 3.03. The number of hydrogen-bond acceptors (Lipinski definition) is 5. The van der Waals surface area contributed by atoms with E-state index >= 15 is 0 Å². The fourth-order valence-electron chi connectivity index (χ4n) is 3.45. The molecule has 0 bridgehead atoms. The average molecular weight is 350 g/mol. The van der Waals surface area contributed by atoms with Crippen LogP contribution in [0.5, 0.6) is 5.75 Å². The van der Waals surface area contributed by atoms with Crippen LogP contribution in [0, 0.1) is 5.92 Å². The molecule has 2 N–H and O–H groups in total. The van der Waals surface area contributed by atoms with Crippen LogP contribution in [0.4, 0.5) is 0 Å². The molecule has 3 unspecified atom stereocenters. The topological polar surface area (TPSA) is 53.6 Å². The summed E-state index contributed by atoms with van der Waals surface area (Å²) < 4.78 is 5.90. The predicted octanol–water partition coefficient (Wildman–Crippen LogP) is 1.90. The minimum atomic E-state index is 0.232. The van der Waals surface area contributed by atoms with Gasteiger partial charge in [-0.05, 0) is 24.3 Å². The number of hydrogen-bond donors (Lipinski definition) is 2. The Morgan fingerprint density at radius 2 is 2.17 bits per heavy atom. The summed E-state index contributed by atoms with van der Waals surface area (Å²) >= 11 is 1.83. The Kier molecular flexibility index (Phi) is 6.40. The van der Waals surface area contributed by atoms with Gasteiger partial charge in [0.15, 0.2) is 0 Å². The molecule has 1 aromatic rings. The molecule has 0 aliphatic carbocycles. The van der Waals surface area contributed by atoms with Crippen LogP contribution in [0.15, 0.2) is 30.3 Å². The molecule has 2 aliphatic heterocycles. The molecule has 2 saturated heterocycles. The standard InChI is InChI=1S/C18H27N3O2S/c1-2-24-11-9-18(22)21-10-8-16-15(12-21)17(20-19-16)13-23-14-6-4-3-5-7-14/h3-7,15-17,19-20H,2,8-13H2,1H3. The molecule has 1 aromatic carbocycles. The SMILES string of the molecule is CCSCCC(=O)N1CCC2NNC(COc3ccccc3)C2C1. The molecule has 2 heterocycles. The maximum atomic E-state index is 12.4. The van der Waals surface area contributed by atoms with Crippen molar-refractivity contribution in [1.29, 1.82) is 0 Å². The van der Waals surface area contributed by atoms with Crippen LogP contribution in [-0.2, 0) is 4.79 Å². The van der Waals surface area contributed by atoms with Crippen LogP contribution in [0.1, 0.15) is 19.8 Å². The van der Waals surface area contributed by atoms with Crippen molar-refractivity contribution in [2.75, 3.05) is 31.2 Å². The molecule has 24 heavy (non-hydrogen) atoms. The lowest BCUT2D eigenvalue weighted by Gasteiger charge is -2.36. The third kappa shape index (κ3) is 4.43. The Hall–Kier alpha value is -1.24. The predicted molar refractivity (Wildman–Crippen MR) is 98.1 cm³/mol. The molecule has 1 amide bonds. The molecule has 132 valence electrons. The summed E-state index contributed by atoms with van der Waals surface area (Å²) in [5, 5.41) is 0. The van der Waals surface area contributed by atoms with E-state index in [2.05, 4.69) is 17.8 Å². The number of nitrogens with one attached hydrogen (secondary N) is 2. The summed E-state index contributed by atoms with van der Waals surface area (Å²) in [6, 6.07) is 10.6. The number of benzene rings is 1. The maximum absolute atomic E-state index is 12.4. The van der Waals surface area contributed by atoms with Crippen molar-refractivity contribution < 1.29 is 9.53 Å². The summed E-state index contributed by atoms with van der Waals surface area (Å²) in [6.45, 7) is 4.43. The molecule has 0 saturated carbocycles. The molecule has 2 aliphatic rings. The second-order valence-corrected chi connectivity index (χ2v) is 7.76. The minimum absolute atomic E-state index is 0.232. The first-order valence-corrected chi connectivity index (χ1v) is 9.98. The number of rotatable bonds is 7. The largest absolute Gasteiger partial charge is 0.492 e. The number of nitrogens with zero attached hydrogens (tertiary/aromatic N) is 1. The number of fused-ring (bicyclic) bond motifs is 1. The zero-order valence-corrected chi connectivity index (χ0v) is 15.1. The Labute approximate surface area is 148 Å². The van der Waals surface area contributed by atoms with Crippen LogP contribution < -0.4 is 15.6 Å². The molecular weight excluding hydrogens is 322 g/mol. The monoisotopic (exact) mass is 349 g/mol. The molecular formula is C18H27N3O2S. The maximum Gasteiger partial charge on any atom is 0.223 e. The van der Waals surface area contributed by atoms with Gasteiger partial charge in [-0.3, -0.25) is 15.6 Å². The molecule has 5 nitrogen and oxygen atoms in total. The molecule has 3 rings (SSSR count). The van der Waals surface area contributed by atoms with E-state index in [9.17, 15) is 4.79 Å². The Morgan fingerprint density at radius 1 is 1.33 bits per heavy atom. The second-order valence-electron chi connectivity index (χ2n) is 6.36. The van der Waals surface area contributed by atoms with Gasteiger partial charge < -0.3 is 9.64 Å². The molecule has 2 fully saturated rings. The summed E-state index contributed by atoms with van der Waals surface area (Å²) in [4.78, 5) is 14.4. The van der Waals surface area contributed by atoms with Gasteiger partial charge in [-0.15, -0.1) is 0 Å². The minimum Gasteiger partial charge on any atom is -0.492 e. The number of piperidine rings is 1. The molecule has 0 aromatic heterocycles. The smallest absolute Gasteiger partial charge is 0.223 e. The molecule has 3 atom stereocenters. The zero-order valence-electron chi connectivity index (χ0n) is 14.2. The van der Waals surface area contributed by atoms with E-state index in [4.69, 9.17) is 4.74 Å². The Balaban J connectivity index is 1.51. The number of hydrazine groups is 1. The third-order valence-corrected chi connectivity index (χ3v) is 5.72. The van der Waals surface area contributed by atoms with Crippen molar-refractivity contribution in [2.24, 2.45) is 5.92 Å². The van der Waals surface area contributed by atoms with Gasteiger partial charge in [-0.2, -0.15) is 11.8 Å². The van der Waals surface area contributed by atoms with E-state index < -0.39 is 0 Å². The van der Waals surface area contributed by atoms with Gasteiger partial charge in [0, 0.05) is 37.2 Å². The van der Waals surface area contributed by atoms with Crippen molar-refractivity contribution in [1.82, 2.24) is 15.8 Å². The lowest BCUT2D eigenvalue weighted by molar-refractivity contribution is -0.132. The van der Waals surface area contributed by atoms with Gasteiger partial charge in [0.05, 0.1) is 6.04 Å². The van der Waals surface area contributed by atoms with Gasteiger partial charge in [-0.1, -0.05) is 25.1 Å². The number of ether oxygens (including phenoxy) is 1. The summed E-state index contributed by atoms with van der Waals surface area (Å²) in [5.74, 6) is 3.60. The van der Waals surface area contributed by atoms with E-state index in [1.807, 2.05) is 47.0 Å². The van der Waals surface area contributed by atoms with Gasteiger partial charge in [0.25, 0.3) is 0 Å². The highest BCUT2D eigenvalue weighted by Gasteiger charge is 2.41. The van der Waals surface area contributed by atoms with Crippen LogP contribution in [0.3, 0.4) is 0 Å². The first-order valence-electron chi connectivity index (χ1n) is 8.82. The number of amides is 1. The van der Waals surface area contributed by atoms with Gasteiger partial charge in [-0.25, -0.2) is 0 Å². The summed E-state index contributed by atoms with van der Waals surface area (Å²) in [7, 11) is 0. The Morgan fingerprint density at radius 3 is 2.96 bits per heavy atom. The van der Waals surface area contributed by atoms with E-state index in [0.29, 0.717) is 30.9 Å². The number of carbonyl (C=O) groups excluding carboxylic acids is 1. The normalized spacial score (nSPS) is 26.2. The van der Waals surface area contributed by atoms with E-state index in [0.717, 1.165) is 36.8 Å². The molecule has 0 spiro atoms. The lowest BCUT2D eigenvalue weighted by atomic mass is 9.88. The first-order chi connectivity index (χ1) is 11.8. The first kappa shape index (κ1) is 17.6. The Bertz CT molecular complexity index is 528. The number of likely N-dealkylation sites (tertiary alicyclic amines) is 1. The van der Waals surface area contributed by atoms with Gasteiger partial charge >= 0.3 is 0 Å². The van der Waals surface area contributed by atoms with Gasteiger partial charge in [0.1, 0.15) is 12.4 Å². The van der Waals surface area contributed by atoms with Crippen LogP contribution in [0.25, 0.3) is 0 Å². The van der Waals surface area contributed by atoms with E-state index in [-0.39, 0.29) is 6.04 Å². The number of para-hydroxylation sites is 1. The second kappa shape index (κ2) is 8.74. The van der Waals surface area contributed by atoms with Crippen molar-refractivity contribution in [3.05, 3.63) is 30.3 Å². The highest BCUT2D eigenvalue weighted by molar-refractivity contribution is 7.99. The lowest BCUT2D eigenvalue weighted by Crippen LogP contribution is -2.49. The van der Waals surface area contributed by atoms with E-state index in [1.165, 1.54) is 0 Å². The summed E-state index contributed by atoms with van der Waals surface area (Å²) in [5.41, 5.74) is 6.75. The van der Waals surface area contributed by atoms with Crippen LogP contribution in [-0.4, -0.2) is 54.1 Å². The van der Waals surface area contributed by atoms with Crippen LogP contribution >= 0.6 is 11.8 Å². The van der Waals surface area contributed by atoms with Crippen LogP contribution in [0.2, 0.25) is 0 Å². The third-order valence-electron chi connectivity index (χ3n) is 4.82. The fraction of sp³-hybridized carbons (Fsp3) is 0.611. The van der Waals surface area contributed by atoms with E-state index in [1.54, 1.807) is 0 Å². The highest BCUT2D eigenvalue weighted by atomic mass is 32.2. The zero-order chi connectivity index (χ0) is 16.8. The highest BCUT2D eigenvalue weighted by Crippen LogP contribution is 2.25. The fourth-order valence-corrected chi connectivity index (χ4v) is 4.05. The van der Waals surface area contributed by atoms with Crippen molar-refractivity contribution >= 4 is 17.7 Å². The van der Waals surface area contributed by atoms with Gasteiger partial charge in [0.2, 0.25) is 5.91 Å². The number of carbonyl (C=O) groups is 1. The number of thioether (sulfide) groups is 1. The van der Waals surface area contributed by atoms with Crippen molar-refractivity contribution in [2.45, 2.75) is 31.8 Å². The molecule has 0 radical (unpaired) electrons. The quantitative estimate of drug-likeness (QED) is 0.737. The molecule has 6 heteroatoms. The summed E-state index contributed by atoms with van der Waals surface area (Å²) in [6.07, 6.45) is 1.66. The van der Waals surface area contributed by atoms with Crippen molar-refractivity contribution in [3.63, 3.8) is 0 Å². The van der Waals surface area contributed by atoms with Crippen molar-refractivity contribution in [3.8, 4) is 5.75 Å².